The summed E-state index contributed by atoms with van der Waals surface area (Å²) in [5.41, 5.74) is 6.75. The Balaban J connectivity index is 0. The summed E-state index contributed by atoms with van der Waals surface area (Å²) in [7, 11) is 1.64. The highest BCUT2D eigenvalue weighted by Crippen LogP contribution is 2.06. The van der Waals surface area contributed by atoms with Crippen molar-refractivity contribution in [2.75, 3.05) is 13.7 Å². The average Bonchev–Trinajstić information content (AvgIpc) is 2.07. The van der Waals surface area contributed by atoms with Crippen LogP contribution in [0.5, 0.6) is 0 Å². The number of hydrogen-bond donors (Lipinski definition) is 1. The number of halogens is 2. The molecule has 0 fully saturated rings. The van der Waals surface area contributed by atoms with Gasteiger partial charge in [-0.2, -0.15) is 0 Å². The topological polar surface area (TPSA) is 48.1 Å². The van der Waals surface area contributed by atoms with Crippen molar-refractivity contribution in [2.24, 2.45) is 5.73 Å². The molecule has 0 aliphatic heterocycles. The molecule has 1 aromatic rings. The smallest absolute Gasteiger partial charge is 0.0656 e. The highest BCUT2D eigenvalue weighted by atomic mass is 35.5. The maximum Gasteiger partial charge on any atom is 0.0656 e. The Hall–Kier alpha value is -0.350. The Kier molecular flexibility index (Phi) is 9.61. The van der Waals surface area contributed by atoms with E-state index in [-0.39, 0.29) is 30.9 Å². The summed E-state index contributed by atoms with van der Waals surface area (Å²) in [6.45, 7) is 0.533. The molecule has 1 atom stereocenters. The van der Waals surface area contributed by atoms with Crippen molar-refractivity contribution in [1.82, 2.24) is 4.98 Å². The maximum atomic E-state index is 5.74. The van der Waals surface area contributed by atoms with Crippen LogP contribution in [-0.2, 0) is 4.74 Å². The van der Waals surface area contributed by atoms with Gasteiger partial charge in [-0.25, -0.2) is 0 Å². The van der Waals surface area contributed by atoms with Gasteiger partial charge in [0.25, 0.3) is 0 Å². The zero-order valence-electron chi connectivity index (χ0n) is 7.34. The highest BCUT2D eigenvalue weighted by Gasteiger charge is 2.03. The van der Waals surface area contributed by atoms with Gasteiger partial charge in [0.15, 0.2) is 0 Å². The standard InChI is InChI=1S/C8H12N2O.2ClH/c1-11-6-8(9)7-3-2-4-10-5-7;;/h2-5,8H,6,9H2,1H3;2*1H/t8-;;/m0../s1. The third-order valence-corrected chi connectivity index (χ3v) is 1.46. The second-order valence-corrected chi connectivity index (χ2v) is 2.35. The molecule has 3 nitrogen and oxygen atoms in total. The molecule has 1 heterocycles. The van der Waals surface area contributed by atoms with E-state index >= 15 is 0 Å². The Morgan fingerprint density at radius 2 is 2.23 bits per heavy atom. The number of aromatic nitrogens is 1. The van der Waals surface area contributed by atoms with Gasteiger partial charge in [0.05, 0.1) is 12.6 Å². The minimum absolute atomic E-state index is 0. The number of hydrogen-bond acceptors (Lipinski definition) is 3. The number of methoxy groups -OCH3 is 1. The monoisotopic (exact) mass is 224 g/mol. The van der Waals surface area contributed by atoms with Gasteiger partial charge in [0.1, 0.15) is 0 Å². The normalized spacial score (nSPS) is 10.9. The first-order chi connectivity index (χ1) is 5.34. The molecule has 76 valence electrons. The molecule has 0 aromatic carbocycles. The molecule has 0 aliphatic rings. The van der Waals surface area contributed by atoms with E-state index in [1.54, 1.807) is 19.5 Å². The van der Waals surface area contributed by atoms with Crippen molar-refractivity contribution in [1.29, 1.82) is 0 Å². The molecule has 0 radical (unpaired) electrons. The Morgan fingerprint density at radius 3 is 2.69 bits per heavy atom. The largest absolute Gasteiger partial charge is 0.383 e. The van der Waals surface area contributed by atoms with E-state index in [9.17, 15) is 0 Å². The van der Waals surface area contributed by atoms with Crippen LogP contribution in [0.1, 0.15) is 11.6 Å². The van der Waals surface area contributed by atoms with Crippen LogP contribution in [0.15, 0.2) is 24.5 Å². The van der Waals surface area contributed by atoms with Crippen molar-refractivity contribution in [3.8, 4) is 0 Å². The summed E-state index contributed by atoms with van der Waals surface area (Å²) < 4.78 is 4.91. The number of nitrogens with zero attached hydrogens (tertiary/aromatic N) is 1. The summed E-state index contributed by atoms with van der Waals surface area (Å²) in [6.07, 6.45) is 3.48. The van der Waals surface area contributed by atoms with Gasteiger partial charge in [-0.3, -0.25) is 4.98 Å². The van der Waals surface area contributed by atoms with Gasteiger partial charge < -0.3 is 10.5 Å². The predicted molar refractivity (Wildman–Crippen MR) is 57.5 cm³/mol. The number of pyridine rings is 1. The zero-order valence-corrected chi connectivity index (χ0v) is 8.98. The second-order valence-electron chi connectivity index (χ2n) is 2.35. The van der Waals surface area contributed by atoms with Crippen LogP contribution in [0.25, 0.3) is 0 Å². The first-order valence-electron chi connectivity index (χ1n) is 3.49. The summed E-state index contributed by atoms with van der Waals surface area (Å²) >= 11 is 0. The fourth-order valence-corrected chi connectivity index (χ4v) is 0.871. The van der Waals surface area contributed by atoms with E-state index in [2.05, 4.69) is 4.98 Å². The van der Waals surface area contributed by atoms with E-state index in [0.717, 1.165) is 5.56 Å². The quantitative estimate of drug-likeness (QED) is 0.849. The fourth-order valence-electron chi connectivity index (χ4n) is 0.871. The molecule has 2 N–H and O–H groups in total. The number of rotatable bonds is 3. The SMILES string of the molecule is COC[C@H](N)c1cccnc1.Cl.Cl. The highest BCUT2D eigenvalue weighted by molar-refractivity contribution is 5.85. The van der Waals surface area contributed by atoms with E-state index in [4.69, 9.17) is 10.5 Å². The fraction of sp³-hybridized carbons (Fsp3) is 0.375. The third-order valence-electron chi connectivity index (χ3n) is 1.46. The Morgan fingerprint density at radius 1 is 1.54 bits per heavy atom. The molecule has 0 unspecified atom stereocenters. The van der Waals surface area contributed by atoms with Crippen molar-refractivity contribution in [3.63, 3.8) is 0 Å². The molecule has 1 aromatic heterocycles. The molecular formula is C8H14Cl2N2O. The third kappa shape index (κ3) is 5.05. The predicted octanol–water partition coefficient (Wildman–Crippen LogP) is 1.57. The van der Waals surface area contributed by atoms with E-state index in [1.165, 1.54) is 0 Å². The van der Waals surface area contributed by atoms with Crippen LogP contribution in [0.2, 0.25) is 0 Å². The summed E-state index contributed by atoms with van der Waals surface area (Å²) in [4.78, 5) is 3.95. The van der Waals surface area contributed by atoms with Crippen molar-refractivity contribution >= 4 is 24.8 Å². The van der Waals surface area contributed by atoms with E-state index < -0.39 is 0 Å². The molecule has 13 heavy (non-hydrogen) atoms. The summed E-state index contributed by atoms with van der Waals surface area (Å²) in [5, 5.41) is 0. The second kappa shape index (κ2) is 8.26. The molecule has 0 saturated carbocycles. The minimum atomic E-state index is -0.0614. The lowest BCUT2D eigenvalue weighted by atomic mass is 10.1. The molecule has 0 saturated heterocycles. The lowest BCUT2D eigenvalue weighted by Gasteiger charge is -2.08. The van der Waals surface area contributed by atoms with Crippen molar-refractivity contribution in [3.05, 3.63) is 30.1 Å². The van der Waals surface area contributed by atoms with Gasteiger partial charge in [-0.15, -0.1) is 24.8 Å². The van der Waals surface area contributed by atoms with Crippen LogP contribution in [0.3, 0.4) is 0 Å². The van der Waals surface area contributed by atoms with Crippen LogP contribution < -0.4 is 5.73 Å². The Labute approximate surface area is 90.5 Å². The molecular weight excluding hydrogens is 211 g/mol. The van der Waals surface area contributed by atoms with Gasteiger partial charge in [-0.05, 0) is 11.6 Å². The summed E-state index contributed by atoms with van der Waals surface area (Å²) in [6, 6.07) is 3.75. The molecule has 0 spiro atoms. The van der Waals surface area contributed by atoms with Crippen molar-refractivity contribution < 1.29 is 4.74 Å². The Bertz CT molecular complexity index is 209. The van der Waals surface area contributed by atoms with Gasteiger partial charge in [0, 0.05) is 19.5 Å². The number of nitrogens with two attached hydrogens (primary N) is 1. The average molecular weight is 225 g/mol. The first-order valence-corrected chi connectivity index (χ1v) is 3.49. The first kappa shape index (κ1) is 15.1. The van der Waals surface area contributed by atoms with Gasteiger partial charge in [-0.1, -0.05) is 6.07 Å². The van der Waals surface area contributed by atoms with E-state index in [0.29, 0.717) is 6.61 Å². The van der Waals surface area contributed by atoms with Crippen LogP contribution in [0.4, 0.5) is 0 Å². The lowest BCUT2D eigenvalue weighted by Crippen LogP contribution is -2.15. The van der Waals surface area contributed by atoms with E-state index in [1.807, 2.05) is 12.1 Å². The lowest BCUT2D eigenvalue weighted by molar-refractivity contribution is 0.181. The number of ether oxygens (including phenoxy) is 1. The molecule has 0 amide bonds. The molecule has 0 aliphatic carbocycles. The zero-order chi connectivity index (χ0) is 8.10. The van der Waals surface area contributed by atoms with Gasteiger partial charge in [0.2, 0.25) is 0 Å². The molecule has 5 heteroatoms. The van der Waals surface area contributed by atoms with Crippen LogP contribution >= 0.6 is 24.8 Å². The molecule has 1 rings (SSSR count). The maximum absolute atomic E-state index is 5.74. The van der Waals surface area contributed by atoms with Crippen molar-refractivity contribution in [2.45, 2.75) is 6.04 Å². The van der Waals surface area contributed by atoms with Gasteiger partial charge >= 0.3 is 0 Å². The molecule has 0 bridgehead atoms. The summed E-state index contributed by atoms with van der Waals surface area (Å²) in [5.74, 6) is 0. The van der Waals surface area contributed by atoms with Crippen LogP contribution in [-0.4, -0.2) is 18.7 Å². The minimum Gasteiger partial charge on any atom is -0.383 e. The van der Waals surface area contributed by atoms with Crippen LogP contribution in [0, 0.1) is 0 Å².